The van der Waals surface area contributed by atoms with E-state index in [1.54, 1.807) is 24.3 Å². The minimum atomic E-state index is -0.261. The molecule has 2 aromatic carbocycles. The standard InChI is InChI=1S/C19H19ClN2O2/c1-12(13-5-3-2-4-6-13)21-18(23)16-11-17(16)19(24)22-15-9-7-14(20)8-10-15/h2-10,12,16-17H,11H2,1H3,(H,21,23)(H,22,24). The van der Waals surface area contributed by atoms with E-state index in [0.717, 1.165) is 5.56 Å². The first-order chi connectivity index (χ1) is 11.5. The van der Waals surface area contributed by atoms with E-state index in [1.165, 1.54) is 0 Å². The molecule has 0 saturated heterocycles. The molecule has 0 aliphatic heterocycles. The minimum absolute atomic E-state index is 0.0670. The van der Waals surface area contributed by atoms with Gasteiger partial charge in [-0.15, -0.1) is 0 Å². The molecule has 5 heteroatoms. The number of carbonyl (C=O) groups excluding carboxylic acids is 2. The fraction of sp³-hybridized carbons (Fsp3) is 0.263. The highest BCUT2D eigenvalue weighted by Gasteiger charge is 2.48. The van der Waals surface area contributed by atoms with Gasteiger partial charge in [-0.25, -0.2) is 0 Å². The maximum atomic E-state index is 12.3. The predicted octanol–water partition coefficient (Wildman–Crippen LogP) is 3.79. The van der Waals surface area contributed by atoms with Crippen LogP contribution in [-0.2, 0) is 9.59 Å². The van der Waals surface area contributed by atoms with E-state index < -0.39 is 0 Å². The molecule has 4 nitrogen and oxygen atoms in total. The normalized spacial score (nSPS) is 20.1. The van der Waals surface area contributed by atoms with Crippen molar-refractivity contribution in [1.29, 1.82) is 0 Å². The SMILES string of the molecule is CC(NC(=O)C1CC1C(=O)Nc1ccc(Cl)cc1)c1ccccc1. The summed E-state index contributed by atoms with van der Waals surface area (Å²) in [6.07, 6.45) is 0.590. The lowest BCUT2D eigenvalue weighted by Crippen LogP contribution is -2.29. The fourth-order valence-electron chi connectivity index (χ4n) is 2.69. The summed E-state index contributed by atoms with van der Waals surface area (Å²) in [5.74, 6) is -0.695. The van der Waals surface area contributed by atoms with E-state index in [0.29, 0.717) is 17.1 Å². The molecule has 3 rings (SSSR count). The average Bonchev–Trinajstić information content (AvgIpc) is 3.38. The van der Waals surface area contributed by atoms with E-state index in [9.17, 15) is 9.59 Å². The Morgan fingerprint density at radius 3 is 2.29 bits per heavy atom. The Hall–Kier alpha value is -2.33. The van der Waals surface area contributed by atoms with Crippen molar-refractivity contribution in [3.63, 3.8) is 0 Å². The van der Waals surface area contributed by atoms with Crippen molar-refractivity contribution in [1.82, 2.24) is 5.32 Å². The molecule has 2 N–H and O–H groups in total. The first-order valence-electron chi connectivity index (χ1n) is 7.96. The third-order valence-corrected chi connectivity index (χ3v) is 4.49. The van der Waals surface area contributed by atoms with Crippen LogP contribution in [0.3, 0.4) is 0 Å². The van der Waals surface area contributed by atoms with Crippen LogP contribution in [0.4, 0.5) is 5.69 Å². The fourth-order valence-corrected chi connectivity index (χ4v) is 2.81. The van der Waals surface area contributed by atoms with Crippen molar-refractivity contribution >= 4 is 29.1 Å². The largest absolute Gasteiger partial charge is 0.349 e. The van der Waals surface area contributed by atoms with Gasteiger partial charge in [0.1, 0.15) is 0 Å². The number of benzene rings is 2. The van der Waals surface area contributed by atoms with Crippen molar-refractivity contribution < 1.29 is 9.59 Å². The molecule has 124 valence electrons. The zero-order valence-corrected chi connectivity index (χ0v) is 14.1. The zero-order chi connectivity index (χ0) is 17.1. The van der Waals surface area contributed by atoms with Crippen LogP contribution in [0.15, 0.2) is 54.6 Å². The Bertz CT molecular complexity index is 731. The molecule has 0 spiro atoms. The summed E-state index contributed by atoms with van der Waals surface area (Å²) in [6.45, 7) is 1.94. The molecule has 2 aromatic rings. The highest BCUT2D eigenvalue weighted by atomic mass is 35.5. The van der Waals surface area contributed by atoms with E-state index in [4.69, 9.17) is 11.6 Å². The smallest absolute Gasteiger partial charge is 0.228 e. The van der Waals surface area contributed by atoms with Crippen molar-refractivity contribution in [3.05, 3.63) is 65.2 Å². The molecule has 1 aliphatic rings. The number of hydrogen-bond acceptors (Lipinski definition) is 2. The number of hydrogen-bond donors (Lipinski definition) is 2. The topological polar surface area (TPSA) is 58.2 Å². The second-order valence-electron chi connectivity index (χ2n) is 6.09. The van der Waals surface area contributed by atoms with Crippen molar-refractivity contribution in [3.8, 4) is 0 Å². The molecule has 0 bridgehead atoms. The number of rotatable bonds is 5. The van der Waals surface area contributed by atoms with Crippen LogP contribution in [-0.4, -0.2) is 11.8 Å². The highest BCUT2D eigenvalue weighted by Crippen LogP contribution is 2.40. The first kappa shape index (κ1) is 16.5. The number of amides is 2. The molecule has 24 heavy (non-hydrogen) atoms. The Balaban J connectivity index is 1.51. The molecule has 1 saturated carbocycles. The van der Waals surface area contributed by atoms with Gasteiger partial charge in [0.05, 0.1) is 17.9 Å². The van der Waals surface area contributed by atoms with Crippen LogP contribution in [0.5, 0.6) is 0 Å². The van der Waals surface area contributed by atoms with Crippen LogP contribution < -0.4 is 10.6 Å². The first-order valence-corrected chi connectivity index (χ1v) is 8.34. The average molecular weight is 343 g/mol. The molecule has 3 atom stereocenters. The highest BCUT2D eigenvalue weighted by molar-refractivity contribution is 6.30. The molecule has 3 unspecified atom stereocenters. The summed E-state index contributed by atoms with van der Waals surface area (Å²) >= 11 is 5.82. The van der Waals surface area contributed by atoms with Gasteiger partial charge in [0, 0.05) is 10.7 Å². The van der Waals surface area contributed by atoms with E-state index in [2.05, 4.69) is 10.6 Å². The molecule has 0 aromatic heterocycles. The zero-order valence-electron chi connectivity index (χ0n) is 13.3. The van der Waals surface area contributed by atoms with Crippen molar-refractivity contribution in [2.75, 3.05) is 5.32 Å². The summed E-state index contributed by atoms with van der Waals surface area (Å²) in [4.78, 5) is 24.5. The molecular weight excluding hydrogens is 324 g/mol. The van der Waals surface area contributed by atoms with Crippen molar-refractivity contribution in [2.45, 2.75) is 19.4 Å². The van der Waals surface area contributed by atoms with Gasteiger partial charge in [-0.2, -0.15) is 0 Å². The third kappa shape index (κ3) is 3.95. The lowest BCUT2D eigenvalue weighted by atomic mass is 10.1. The maximum absolute atomic E-state index is 12.3. The van der Waals surface area contributed by atoms with Gasteiger partial charge < -0.3 is 10.6 Å². The van der Waals surface area contributed by atoms with E-state index >= 15 is 0 Å². The number of halogens is 1. The summed E-state index contributed by atoms with van der Waals surface area (Å²) in [5, 5.41) is 6.42. The second-order valence-corrected chi connectivity index (χ2v) is 6.52. The van der Waals surface area contributed by atoms with Crippen LogP contribution in [0.2, 0.25) is 5.02 Å². The van der Waals surface area contributed by atoms with E-state index in [1.807, 2.05) is 37.3 Å². The van der Waals surface area contributed by atoms with Gasteiger partial charge in [0.2, 0.25) is 11.8 Å². The quantitative estimate of drug-likeness (QED) is 0.868. The van der Waals surface area contributed by atoms with Gasteiger partial charge >= 0.3 is 0 Å². The van der Waals surface area contributed by atoms with Crippen LogP contribution in [0.1, 0.15) is 24.9 Å². The molecule has 1 fully saturated rings. The summed E-state index contributed by atoms with van der Waals surface area (Å²) in [5.41, 5.74) is 1.74. The third-order valence-electron chi connectivity index (χ3n) is 4.23. The van der Waals surface area contributed by atoms with Crippen LogP contribution in [0, 0.1) is 11.8 Å². The maximum Gasteiger partial charge on any atom is 0.228 e. The Kier molecular flexibility index (Phi) is 4.86. The second kappa shape index (κ2) is 7.05. The number of carbonyl (C=O) groups is 2. The van der Waals surface area contributed by atoms with Gasteiger partial charge in [-0.05, 0) is 43.2 Å². The predicted molar refractivity (Wildman–Crippen MR) is 94.7 cm³/mol. The molecule has 0 radical (unpaired) electrons. The molecule has 2 amide bonds. The Labute approximate surface area is 146 Å². The van der Waals surface area contributed by atoms with Crippen LogP contribution in [0.25, 0.3) is 0 Å². The minimum Gasteiger partial charge on any atom is -0.349 e. The summed E-state index contributed by atoms with van der Waals surface area (Å²) < 4.78 is 0. The molecule has 1 aliphatic carbocycles. The Morgan fingerprint density at radius 2 is 1.62 bits per heavy atom. The number of nitrogens with one attached hydrogen (secondary N) is 2. The van der Waals surface area contributed by atoms with Crippen LogP contribution >= 0.6 is 11.6 Å². The van der Waals surface area contributed by atoms with Gasteiger partial charge in [-0.3, -0.25) is 9.59 Å². The van der Waals surface area contributed by atoms with Gasteiger partial charge in [0.25, 0.3) is 0 Å². The monoisotopic (exact) mass is 342 g/mol. The van der Waals surface area contributed by atoms with Gasteiger partial charge in [-0.1, -0.05) is 41.9 Å². The van der Waals surface area contributed by atoms with Gasteiger partial charge in [0.15, 0.2) is 0 Å². The van der Waals surface area contributed by atoms with E-state index in [-0.39, 0.29) is 29.7 Å². The summed E-state index contributed by atoms with van der Waals surface area (Å²) in [6, 6.07) is 16.6. The lowest BCUT2D eigenvalue weighted by molar-refractivity contribution is -0.125. The molecule has 0 heterocycles. The number of anilines is 1. The Morgan fingerprint density at radius 1 is 1.00 bits per heavy atom. The summed E-state index contributed by atoms with van der Waals surface area (Å²) in [7, 11) is 0. The lowest BCUT2D eigenvalue weighted by Gasteiger charge is -2.14. The van der Waals surface area contributed by atoms with Crippen molar-refractivity contribution in [2.24, 2.45) is 11.8 Å². The molecular formula is C19H19ClN2O2.